The van der Waals surface area contributed by atoms with Gasteiger partial charge in [0, 0.05) is 54.0 Å². The van der Waals surface area contributed by atoms with Crippen molar-refractivity contribution in [1.29, 1.82) is 0 Å². The normalized spacial score (nSPS) is 15.2. The largest absolute Gasteiger partial charge is 0.366 e. The second-order valence-corrected chi connectivity index (χ2v) is 15.3. The zero-order valence-electron chi connectivity index (χ0n) is 28.5. The molecule has 1 aliphatic heterocycles. The quantitative estimate of drug-likeness (QED) is 0.154. The molecule has 0 saturated carbocycles. The van der Waals surface area contributed by atoms with Gasteiger partial charge in [0.1, 0.15) is 6.04 Å². The summed E-state index contributed by atoms with van der Waals surface area (Å²) in [6.07, 6.45) is 4.01. The molecule has 1 aliphatic rings. The van der Waals surface area contributed by atoms with E-state index in [0.717, 1.165) is 15.7 Å². The SMILES string of the molecule is [C-]#[N+]C[C@H]1CN(c2c(S(C)(=O)=O)c(=O)n(-c3c(C)ccnc3C(C)C)c3c(F)c(-c4c(C)ccc5[nH]ncc45)c(Cl)cc23)CCN1C(=O)C(=C)F. The Morgan fingerprint density at radius 3 is 2.53 bits per heavy atom. The molecule has 0 spiro atoms. The van der Waals surface area contributed by atoms with Crippen LogP contribution in [-0.2, 0) is 14.6 Å². The number of halogens is 3. The lowest BCUT2D eigenvalue weighted by Crippen LogP contribution is -2.57. The number of anilines is 1. The molecule has 6 rings (SSSR count). The zero-order chi connectivity index (χ0) is 37.1. The van der Waals surface area contributed by atoms with Gasteiger partial charge in [-0.1, -0.05) is 38.1 Å². The van der Waals surface area contributed by atoms with E-state index in [0.29, 0.717) is 33.3 Å². The first kappa shape index (κ1) is 35.7. The van der Waals surface area contributed by atoms with Crippen LogP contribution >= 0.6 is 11.6 Å². The number of pyridine rings is 2. The Morgan fingerprint density at radius 1 is 1.16 bits per heavy atom. The van der Waals surface area contributed by atoms with E-state index in [1.165, 1.54) is 11.0 Å². The van der Waals surface area contributed by atoms with Crippen molar-refractivity contribution in [3.8, 4) is 16.8 Å². The number of carbonyl (C=O) groups is 1. The molecular formula is C36H34ClF2N7O4S. The number of hydrogen-bond acceptors (Lipinski definition) is 7. The molecule has 1 N–H and O–H groups in total. The minimum absolute atomic E-state index is 0.00694. The van der Waals surface area contributed by atoms with Crippen LogP contribution in [0.25, 0.3) is 43.5 Å². The Morgan fingerprint density at radius 2 is 1.88 bits per heavy atom. The van der Waals surface area contributed by atoms with Crippen molar-refractivity contribution in [2.75, 3.05) is 37.3 Å². The van der Waals surface area contributed by atoms with Gasteiger partial charge in [-0.25, -0.2) is 23.8 Å². The third-order valence-electron chi connectivity index (χ3n) is 9.26. The first-order chi connectivity index (χ1) is 24.1. The highest BCUT2D eigenvalue weighted by Gasteiger charge is 2.38. The van der Waals surface area contributed by atoms with Crippen LogP contribution in [0.2, 0.25) is 5.02 Å². The highest BCUT2D eigenvalue weighted by Crippen LogP contribution is 2.45. The van der Waals surface area contributed by atoms with Crippen molar-refractivity contribution in [2.45, 2.75) is 44.6 Å². The Labute approximate surface area is 297 Å². The van der Waals surface area contributed by atoms with Crippen molar-refractivity contribution in [1.82, 2.24) is 24.6 Å². The van der Waals surface area contributed by atoms with Crippen molar-refractivity contribution in [2.24, 2.45) is 0 Å². The van der Waals surface area contributed by atoms with Crippen LogP contribution in [-0.4, -0.2) is 77.4 Å². The first-order valence-corrected chi connectivity index (χ1v) is 18.3. The van der Waals surface area contributed by atoms with E-state index in [-0.39, 0.29) is 65.0 Å². The molecule has 1 atom stereocenters. The number of rotatable bonds is 7. The molecule has 15 heteroatoms. The minimum atomic E-state index is -4.36. The van der Waals surface area contributed by atoms with Gasteiger partial charge in [-0.15, -0.1) is 0 Å². The van der Waals surface area contributed by atoms with Crippen LogP contribution in [0.5, 0.6) is 0 Å². The number of benzene rings is 2. The maximum Gasteiger partial charge on any atom is 0.282 e. The highest BCUT2D eigenvalue weighted by atomic mass is 35.5. The molecule has 5 aromatic rings. The lowest BCUT2D eigenvalue weighted by Gasteiger charge is -2.41. The molecule has 0 radical (unpaired) electrons. The molecular weight excluding hydrogens is 700 g/mol. The topological polar surface area (TPSA) is 126 Å². The number of aromatic nitrogens is 4. The van der Waals surface area contributed by atoms with Crippen molar-refractivity contribution in [3.05, 3.63) is 98.5 Å². The van der Waals surface area contributed by atoms with Crippen LogP contribution in [0.4, 0.5) is 14.5 Å². The summed E-state index contributed by atoms with van der Waals surface area (Å²) in [7, 11) is -4.36. The molecule has 11 nitrogen and oxygen atoms in total. The zero-order valence-corrected chi connectivity index (χ0v) is 30.1. The molecule has 0 bridgehead atoms. The summed E-state index contributed by atoms with van der Waals surface area (Å²) in [6, 6.07) is 5.78. The Hall–Kier alpha value is -5.13. The summed E-state index contributed by atoms with van der Waals surface area (Å²) < 4.78 is 60.5. The van der Waals surface area contributed by atoms with Gasteiger partial charge in [0.15, 0.2) is 26.4 Å². The van der Waals surface area contributed by atoms with Crippen LogP contribution in [0.15, 0.2) is 58.8 Å². The minimum Gasteiger partial charge on any atom is -0.366 e. The number of amides is 1. The molecule has 1 fully saturated rings. The maximum atomic E-state index is 17.8. The van der Waals surface area contributed by atoms with Gasteiger partial charge in [0.25, 0.3) is 11.5 Å². The molecule has 1 amide bonds. The number of carbonyl (C=O) groups excluding carboxylic acids is 1. The number of nitrogens with one attached hydrogen (secondary N) is 1. The van der Waals surface area contributed by atoms with Crippen LogP contribution in [0, 0.1) is 26.2 Å². The van der Waals surface area contributed by atoms with Crippen LogP contribution < -0.4 is 10.5 Å². The van der Waals surface area contributed by atoms with E-state index < -0.39 is 43.9 Å². The smallest absolute Gasteiger partial charge is 0.282 e. The van der Waals surface area contributed by atoms with Crippen LogP contribution in [0.3, 0.4) is 0 Å². The molecule has 3 aromatic heterocycles. The van der Waals surface area contributed by atoms with E-state index in [4.69, 9.17) is 18.2 Å². The standard InChI is InChI=1S/C36H34ClF2N7O4S/c1-18(2)30-31(20(4)10-11-41-30)46-32-23(14-25(37)28(29(32)39)27-19(3)8-9-26-24(27)16-42-43-26)33(34(36(46)48)51(7,49)50)44-12-13-45(35(47)21(5)38)22(17-44)15-40-6/h8-11,14,16,18,22H,5,12-13,15,17H2,1-4,7H3,(H,42,43)/t22-/m0/s1. The molecule has 0 unspecified atom stereocenters. The van der Waals surface area contributed by atoms with Crippen molar-refractivity contribution < 1.29 is 22.0 Å². The summed E-state index contributed by atoms with van der Waals surface area (Å²) in [5, 5.41) is 7.54. The monoisotopic (exact) mass is 733 g/mol. The average Bonchev–Trinajstić information content (AvgIpc) is 3.54. The number of fused-ring (bicyclic) bond motifs is 2. The predicted octanol–water partition coefficient (Wildman–Crippen LogP) is 6.28. The van der Waals surface area contributed by atoms with E-state index >= 15 is 4.39 Å². The number of aromatic amines is 1. The lowest BCUT2D eigenvalue weighted by atomic mass is 9.94. The molecule has 51 heavy (non-hydrogen) atoms. The van der Waals surface area contributed by atoms with E-state index in [1.54, 1.807) is 44.4 Å². The summed E-state index contributed by atoms with van der Waals surface area (Å²) in [5.41, 5.74) is 1.53. The summed E-state index contributed by atoms with van der Waals surface area (Å²) in [5.74, 6) is -3.35. The maximum absolute atomic E-state index is 17.8. The van der Waals surface area contributed by atoms with Gasteiger partial charge in [0.2, 0.25) is 6.54 Å². The van der Waals surface area contributed by atoms with Gasteiger partial charge in [0.05, 0.1) is 39.3 Å². The summed E-state index contributed by atoms with van der Waals surface area (Å²) in [4.78, 5) is 37.7. The Balaban J connectivity index is 1.80. The molecule has 264 valence electrons. The Kier molecular flexibility index (Phi) is 9.24. The molecule has 0 aliphatic carbocycles. The fourth-order valence-electron chi connectivity index (χ4n) is 7.01. The van der Waals surface area contributed by atoms with Crippen LogP contribution in [0.1, 0.15) is 36.6 Å². The van der Waals surface area contributed by atoms with Crippen molar-refractivity contribution >= 4 is 54.8 Å². The third-order valence-corrected chi connectivity index (χ3v) is 10.7. The van der Waals surface area contributed by atoms with Gasteiger partial charge in [-0.05, 0) is 49.1 Å². The van der Waals surface area contributed by atoms with E-state index in [9.17, 15) is 22.4 Å². The molecule has 1 saturated heterocycles. The summed E-state index contributed by atoms with van der Waals surface area (Å²) >= 11 is 7.01. The number of H-pyrrole nitrogens is 1. The van der Waals surface area contributed by atoms with Gasteiger partial charge in [-0.3, -0.25) is 24.2 Å². The molecule has 2 aromatic carbocycles. The molecule has 4 heterocycles. The summed E-state index contributed by atoms with van der Waals surface area (Å²) in [6.45, 7) is 17.2. The second kappa shape index (κ2) is 13.2. The van der Waals surface area contributed by atoms with Gasteiger partial charge >= 0.3 is 0 Å². The number of nitrogens with zero attached hydrogens (tertiary/aromatic N) is 6. The first-order valence-electron chi connectivity index (χ1n) is 16.0. The fourth-order valence-corrected chi connectivity index (χ4v) is 8.30. The van der Waals surface area contributed by atoms with Gasteiger partial charge in [-0.2, -0.15) is 5.10 Å². The van der Waals surface area contributed by atoms with Gasteiger partial charge < -0.3 is 14.6 Å². The predicted molar refractivity (Wildman–Crippen MR) is 193 cm³/mol. The fraction of sp³-hybridized carbons (Fsp3) is 0.306. The van der Waals surface area contributed by atoms with E-state index in [1.807, 2.05) is 13.8 Å². The van der Waals surface area contributed by atoms with E-state index in [2.05, 4.69) is 26.6 Å². The lowest BCUT2D eigenvalue weighted by molar-refractivity contribution is -0.131. The number of aryl methyl sites for hydroxylation is 2. The average molecular weight is 734 g/mol. The second-order valence-electron chi connectivity index (χ2n) is 13.0. The number of sulfone groups is 1. The van der Waals surface area contributed by atoms with Crippen molar-refractivity contribution in [3.63, 3.8) is 0 Å². The highest BCUT2D eigenvalue weighted by molar-refractivity contribution is 7.90. The number of piperazine rings is 1. The Bertz CT molecular complexity index is 2510. The number of hydrogen-bond donors (Lipinski definition) is 1. The third kappa shape index (κ3) is 5.94.